The van der Waals surface area contributed by atoms with Crippen LogP contribution in [0.4, 0.5) is 10.1 Å². The first kappa shape index (κ1) is 14.4. The van der Waals surface area contributed by atoms with Crippen molar-refractivity contribution in [3.8, 4) is 0 Å². The first-order chi connectivity index (χ1) is 9.52. The zero-order valence-corrected chi connectivity index (χ0v) is 11.0. The highest BCUT2D eigenvalue weighted by molar-refractivity contribution is 5.95. The van der Waals surface area contributed by atoms with Crippen LogP contribution < -0.4 is 0 Å². The molecule has 0 unspecified atom stereocenters. The molecule has 6 nitrogen and oxygen atoms in total. The monoisotopic (exact) mass is 282 g/mol. The summed E-state index contributed by atoms with van der Waals surface area (Å²) >= 11 is 0. The van der Waals surface area contributed by atoms with Crippen LogP contribution in [0.25, 0.3) is 0 Å². The fourth-order valence-corrected chi connectivity index (χ4v) is 2.26. The fraction of sp³-hybridized carbons (Fsp3) is 0.462. The molecule has 7 heteroatoms. The standard InChI is InChI=1S/C13H15FN2O4/c1-20-10-4-6-15(7-5-10)13(17)11-8-9(16(18)19)2-3-12(11)14/h2-3,8,10H,4-7H2,1H3. The quantitative estimate of drug-likeness (QED) is 0.627. The second-order valence-electron chi connectivity index (χ2n) is 4.65. The number of rotatable bonds is 3. The smallest absolute Gasteiger partial charge is 0.270 e. The van der Waals surface area contributed by atoms with Crippen LogP contribution in [-0.4, -0.2) is 42.0 Å². The molecule has 1 aromatic rings. The van der Waals surface area contributed by atoms with Crippen molar-refractivity contribution in [2.45, 2.75) is 18.9 Å². The van der Waals surface area contributed by atoms with Crippen molar-refractivity contribution in [2.75, 3.05) is 20.2 Å². The number of likely N-dealkylation sites (tertiary alicyclic amines) is 1. The van der Waals surface area contributed by atoms with Gasteiger partial charge < -0.3 is 9.64 Å². The molecule has 0 bridgehead atoms. The second-order valence-corrected chi connectivity index (χ2v) is 4.65. The van der Waals surface area contributed by atoms with E-state index in [-0.39, 0.29) is 17.4 Å². The van der Waals surface area contributed by atoms with Crippen LogP contribution in [-0.2, 0) is 4.74 Å². The number of piperidine rings is 1. The highest BCUT2D eigenvalue weighted by Crippen LogP contribution is 2.21. The summed E-state index contributed by atoms with van der Waals surface area (Å²) < 4.78 is 18.9. The molecule has 2 rings (SSSR count). The lowest BCUT2D eigenvalue weighted by Gasteiger charge is -2.31. The summed E-state index contributed by atoms with van der Waals surface area (Å²) in [6.07, 6.45) is 1.46. The largest absolute Gasteiger partial charge is 0.381 e. The highest BCUT2D eigenvalue weighted by Gasteiger charge is 2.26. The number of nitro benzene ring substituents is 1. The molecule has 1 aromatic carbocycles. The van der Waals surface area contributed by atoms with Crippen LogP contribution in [0, 0.1) is 15.9 Å². The minimum atomic E-state index is -0.741. The summed E-state index contributed by atoms with van der Waals surface area (Å²) in [5.41, 5.74) is -0.545. The number of carbonyl (C=O) groups is 1. The number of ether oxygens (including phenoxy) is 1. The Kier molecular flexibility index (Phi) is 4.29. The maximum absolute atomic E-state index is 13.7. The molecule has 0 spiro atoms. The Hall–Kier alpha value is -2.02. The third-order valence-corrected chi connectivity index (χ3v) is 3.45. The van der Waals surface area contributed by atoms with Gasteiger partial charge in [0.05, 0.1) is 16.6 Å². The Bertz CT molecular complexity index is 527. The van der Waals surface area contributed by atoms with Gasteiger partial charge in [0.1, 0.15) is 5.82 Å². The molecule has 0 saturated carbocycles. The van der Waals surface area contributed by atoms with E-state index in [2.05, 4.69) is 0 Å². The number of hydrogen-bond donors (Lipinski definition) is 0. The molecule has 1 heterocycles. The van der Waals surface area contributed by atoms with Crippen molar-refractivity contribution in [1.82, 2.24) is 4.90 Å². The molecule has 1 amide bonds. The third kappa shape index (κ3) is 2.93. The van der Waals surface area contributed by atoms with Gasteiger partial charge in [0.25, 0.3) is 11.6 Å². The lowest BCUT2D eigenvalue weighted by Crippen LogP contribution is -2.40. The minimum Gasteiger partial charge on any atom is -0.381 e. The van der Waals surface area contributed by atoms with Crippen LogP contribution in [0.2, 0.25) is 0 Å². The highest BCUT2D eigenvalue weighted by atomic mass is 19.1. The third-order valence-electron chi connectivity index (χ3n) is 3.45. The Morgan fingerprint density at radius 2 is 2.10 bits per heavy atom. The number of benzene rings is 1. The average molecular weight is 282 g/mol. The number of nitro groups is 1. The number of non-ortho nitro benzene ring substituents is 1. The van der Waals surface area contributed by atoms with Gasteiger partial charge in [-0.3, -0.25) is 14.9 Å². The summed E-state index contributed by atoms with van der Waals surface area (Å²) in [6, 6.07) is 2.98. The number of amides is 1. The molecule has 1 aliphatic heterocycles. The second kappa shape index (κ2) is 5.96. The summed E-state index contributed by atoms with van der Waals surface area (Å²) in [4.78, 5) is 23.8. The van der Waals surface area contributed by atoms with E-state index >= 15 is 0 Å². The SMILES string of the molecule is COC1CCN(C(=O)c2cc([N+](=O)[O-])ccc2F)CC1. The first-order valence-corrected chi connectivity index (χ1v) is 6.29. The van der Waals surface area contributed by atoms with Crippen molar-refractivity contribution < 1.29 is 18.8 Å². The molecule has 1 aliphatic rings. The van der Waals surface area contributed by atoms with Gasteiger partial charge in [0.15, 0.2) is 0 Å². The first-order valence-electron chi connectivity index (χ1n) is 6.29. The summed E-state index contributed by atoms with van der Waals surface area (Å²) in [6.45, 7) is 0.916. The summed E-state index contributed by atoms with van der Waals surface area (Å²) in [7, 11) is 1.61. The van der Waals surface area contributed by atoms with Gasteiger partial charge in [-0.2, -0.15) is 0 Å². The minimum absolute atomic E-state index is 0.106. The van der Waals surface area contributed by atoms with Crippen molar-refractivity contribution in [1.29, 1.82) is 0 Å². The van der Waals surface area contributed by atoms with E-state index < -0.39 is 16.6 Å². The molecule has 0 aromatic heterocycles. The number of nitrogens with zero attached hydrogens (tertiary/aromatic N) is 2. The van der Waals surface area contributed by atoms with Gasteiger partial charge >= 0.3 is 0 Å². The van der Waals surface area contributed by atoms with Crippen molar-refractivity contribution in [3.63, 3.8) is 0 Å². The van der Waals surface area contributed by atoms with Gasteiger partial charge in [-0.1, -0.05) is 0 Å². The molecule has 0 radical (unpaired) electrons. The van der Waals surface area contributed by atoms with Gasteiger partial charge in [-0.05, 0) is 18.9 Å². The van der Waals surface area contributed by atoms with Gasteiger partial charge in [-0.25, -0.2) is 4.39 Å². The number of halogens is 1. The average Bonchev–Trinajstić information content (AvgIpc) is 2.47. The van der Waals surface area contributed by atoms with Gasteiger partial charge in [-0.15, -0.1) is 0 Å². The molecule has 1 saturated heterocycles. The Balaban J connectivity index is 2.17. The molecule has 0 aliphatic carbocycles. The molecular weight excluding hydrogens is 267 g/mol. The molecule has 0 atom stereocenters. The maximum Gasteiger partial charge on any atom is 0.270 e. The van der Waals surface area contributed by atoms with Crippen LogP contribution in [0.5, 0.6) is 0 Å². The Morgan fingerprint density at radius 3 is 2.65 bits per heavy atom. The molecule has 1 fully saturated rings. The predicted octanol–water partition coefficient (Wildman–Crippen LogP) is 1.98. The number of hydrogen-bond acceptors (Lipinski definition) is 4. The molecule has 108 valence electrons. The van der Waals surface area contributed by atoms with Crippen molar-refractivity contribution in [3.05, 3.63) is 39.7 Å². The Morgan fingerprint density at radius 1 is 1.45 bits per heavy atom. The summed E-state index contributed by atoms with van der Waals surface area (Å²) in [5, 5.41) is 10.7. The van der Waals surface area contributed by atoms with E-state index in [9.17, 15) is 19.3 Å². The zero-order chi connectivity index (χ0) is 14.7. The van der Waals surface area contributed by atoms with E-state index in [1.54, 1.807) is 7.11 Å². The number of methoxy groups -OCH3 is 1. The van der Waals surface area contributed by atoms with Gasteiger partial charge in [0.2, 0.25) is 0 Å². The van der Waals surface area contributed by atoms with Crippen LogP contribution in [0.3, 0.4) is 0 Å². The Labute approximate surface area is 115 Å². The van der Waals surface area contributed by atoms with Crippen molar-refractivity contribution >= 4 is 11.6 Å². The fourth-order valence-electron chi connectivity index (χ4n) is 2.26. The topological polar surface area (TPSA) is 72.7 Å². The van der Waals surface area contributed by atoms with E-state index in [0.29, 0.717) is 25.9 Å². The lowest BCUT2D eigenvalue weighted by atomic mass is 10.1. The predicted molar refractivity (Wildman–Crippen MR) is 69.0 cm³/mol. The van der Waals surface area contributed by atoms with Crippen molar-refractivity contribution in [2.24, 2.45) is 0 Å². The lowest BCUT2D eigenvalue weighted by molar-refractivity contribution is -0.384. The van der Waals surface area contributed by atoms with Crippen LogP contribution >= 0.6 is 0 Å². The summed E-state index contributed by atoms with van der Waals surface area (Å²) in [5.74, 6) is -1.25. The van der Waals surface area contributed by atoms with Gasteiger partial charge in [0, 0.05) is 32.3 Å². The van der Waals surface area contributed by atoms with Crippen LogP contribution in [0.15, 0.2) is 18.2 Å². The molecular formula is C13H15FN2O4. The zero-order valence-electron chi connectivity index (χ0n) is 11.0. The van der Waals surface area contributed by atoms with Crippen LogP contribution in [0.1, 0.15) is 23.2 Å². The van der Waals surface area contributed by atoms with E-state index in [1.165, 1.54) is 4.90 Å². The molecule has 0 N–H and O–H groups in total. The van der Waals surface area contributed by atoms with E-state index in [4.69, 9.17) is 4.74 Å². The van der Waals surface area contributed by atoms with E-state index in [1.807, 2.05) is 0 Å². The normalized spacial score (nSPS) is 16.2. The number of carbonyl (C=O) groups excluding carboxylic acids is 1. The molecule has 20 heavy (non-hydrogen) atoms. The maximum atomic E-state index is 13.7. The van der Waals surface area contributed by atoms with E-state index in [0.717, 1.165) is 18.2 Å².